The fourth-order valence-corrected chi connectivity index (χ4v) is 7.57. The van der Waals surface area contributed by atoms with Gasteiger partial charge in [-0.2, -0.15) is 0 Å². The molecule has 6 nitrogen and oxygen atoms in total. The van der Waals surface area contributed by atoms with Crippen molar-refractivity contribution in [3.63, 3.8) is 0 Å². The van der Waals surface area contributed by atoms with E-state index < -0.39 is 0 Å². The lowest BCUT2D eigenvalue weighted by Crippen LogP contribution is -2.30. The maximum Gasteiger partial charge on any atom is 0.267 e. The molecule has 0 atom stereocenters. The predicted octanol–water partition coefficient (Wildman–Crippen LogP) is 6.91. The Kier molecular flexibility index (Phi) is 8.14. The predicted molar refractivity (Wildman–Crippen MR) is 165 cm³/mol. The van der Waals surface area contributed by atoms with Crippen molar-refractivity contribution in [2.75, 3.05) is 22.5 Å². The third-order valence-electron chi connectivity index (χ3n) is 7.33. The topological polar surface area (TPSA) is 67.2 Å². The van der Waals surface area contributed by atoms with Crippen molar-refractivity contribution in [1.29, 1.82) is 0 Å². The van der Waals surface area contributed by atoms with Crippen molar-refractivity contribution in [2.45, 2.75) is 71.5 Å². The number of hydrogen-bond acceptors (Lipinski definition) is 6. The summed E-state index contributed by atoms with van der Waals surface area (Å²) < 4.78 is 1.72. The Labute approximate surface area is 238 Å². The van der Waals surface area contributed by atoms with Gasteiger partial charge in [0.25, 0.3) is 5.56 Å². The van der Waals surface area contributed by atoms with Crippen molar-refractivity contribution < 1.29 is 4.79 Å². The van der Waals surface area contributed by atoms with E-state index in [0.717, 1.165) is 70.6 Å². The van der Waals surface area contributed by atoms with Gasteiger partial charge < -0.3 is 10.2 Å². The van der Waals surface area contributed by atoms with Gasteiger partial charge in [-0.1, -0.05) is 29.5 Å². The van der Waals surface area contributed by atoms with Crippen LogP contribution in [0.2, 0.25) is 0 Å². The fraction of sp³-hybridized carbons (Fsp3) is 0.387. The number of rotatable bonds is 8. The summed E-state index contributed by atoms with van der Waals surface area (Å²) in [5.41, 5.74) is 6.00. The van der Waals surface area contributed by atoms with E-state index in [2.05, 4.69) is 37.1 Å². The molecule has 0 radical (unpaired) electrons. The van der Waals surface area contributed by atoms with Crippen molar-refractivity contribution in [3.05, 3.63) is 74.4 Å². The number of nitrogens with one attached hydrogen (secondary N) is 1. The Hall–Kier alpha value is -3.10. The van der Waals surface area contributed by atoms with Gasteiger partial charge in [0.1, 0.15) is 4.83 Å². The first-order valence-corrected chi connectivity index (χ1v) is 15.5. The first kappa shape index (κ1) is 27.5. The van der Waals surface area contributed by atoms with Crippen molar-refractivity contribution in [3.8, 4) is 5.69 Å². The molecule has 5 rings (SSSR count). The Morgan fingerprint density at radius 2 is 1.87 bits per heavy atom. The lowest BCUT2D eigenvalue weighted by molar-refractivity contribution is -0.113. The number of aromatic nitrogens is 2. The molecule has 2 aromatic heterocycles. The van der Waals surface area contributed by atoms with Gasteiger partial charge in [-0.3, -0.25) is 14.2 Å². The average Bonchev–Trinajstić information content (AvgIpc) is 3.28. The van der Waals surface area contributed by atoms with Crippen molar-refractivity contribution >= 4 is 50.6 Å². The van der Waals surface area contributed by atoms with Crippen LogP contribution >= 0.6 is 23.1 Å². The molecule has 2 heterocycles. The zero-order chi connectivity index (χ0) is 27.7. The number of thioether (sulfide) groups is 1. The van der Waals surface area contributed by atoms with Gasteiger partial charge in [0.05, 0.1) is 16.8 Å². The number of benzene rings is 2. The highest BCUT2D eigenvalue weighted by Gasteiger charge is 2.24. The monoisotopic (exact) mass is 560 g/mol. The number of nitrogens with zero attached hydrogens (tertiary/aromatic N) is 3. The van der Waals surface area contributed by atoms with Gasteiger partial charge >= 0.3 is 0 Å². The Balaban J connectivity index is 1.43. The molecular formula is C31H36N4O2S2. The van der Waals surface area contributed by atoms with E-state index in [4.69, 9.17) is 4.98 Å². The maximum atomic E-state index is 14.0. The lowest BCUT2D eigenvalue weighted by atomic mass is 9.97. The van der Waals surface area contributed by atoms with Crippen LogP contribution in [0.3, 0.4) is 0 Å². The van der Waals surface area contributed by atoms with E-state index in [-0.39, 0.29) is 17.2 Å². The number of carbonyl (C=O) groups excluding carboxylic acids is 1. The van der Waals surface area contributed by atoms with Crippen LogP contribution in [-0.4, -0.2) is 33.8 Å². The second-order valence-electron chi connectivity index (χ2n) is 10.5. The van der Waals surface area contributed by atoms with E-state index in [1.165, 1.54) is 22.2 Å². The quantitative estimate of drug-likeness (QED) is 0.187. The van der Waals surface area contributed by atoms with Crippen LogP contribution in [0.5, 0.6) is 0 Å². The van der Waals surface area contributed by atoms with Gasteiger partial charge in [-0.15, -0.1) is 11.3 Å². The van der Waals surface area contributed by atoms with Crippen LogP contribution in [-0.2, 0) is 17.6 Å². The first-order valence-electron chi connectivity index (χ1n) is 13.7. The van der Waals surface area contributed by atoms with Gasteiger partial charge in [0.15, 0.2) is 5.16 Å². The minimum Gasteiger partial charge on any atom is -0.369 e. The maximum absolute atomic E-state index is 14.0. The molecule has 1 aliphatic carbocycles. The number of hydrogen-bond donors (Lipinski definition) is 1. The zero-order valence-electron chi connectivity index (χ0n) is 23.3. The molecule has 0 unspecified atom stereocenters. The molecule has 8 heteroatoms. The van der Waals surface area contributed by atoms with Gasteiger partial charge in [-0.25, -0.2) is 4.98 Å². The van der Waals surface area contributed by atoms with E-state index >= 15 is 0 Å². The summed E-state index contributed by atoms with van der Waals surface area (Å²) in [4.78, 5) is 36.4. The van der Waals surface area contributed by atoms with E-state index in [1.54, 1.807) is 15.9 Å². The Morgan fingerprint density at radius 1 is 1.13 bits per heavy atom. The van der Waals surface area contributed by atoms with Crippen LogP contribution in [0.25, 0.3) is 15.9 Å². The number of carbonyl (C=O) groups is 1. The molecular weight excluding hydrogens is 525 g/mol. The average molecular weight is 561 g/mol. The summed E-state index contributed by atoms with van der Waals surface area (Å²) in [5.74, 6) is 0.0268. The van der Waals surface area contributed by atoms with Gasteiger partial charge in [-0.05, 0) is 102 Å². The lowest BCUT2D eigenvalue weighted by Gasteiger charge is -2.27. The molecule has 2 aromatic carbocycles. The Morgan fingerprint density at radius 3 is 2.56 bits per heavy atom. The van der Waals surface area contributed by atoms with E-state index in [1.807, 2.05) is 50.2 Å². The number of amides is 1. The summed E-state index contributed by atoms with van der Waals surface area (Å²) in [7, 11) is 0. The van der Waals surface area contributed by atoms with Crippen LogP contribution in [0, 0.1) is 13.8 Å². The largest absolute Gasteiger partial charge is 0.369 e. The molecule has 0 fully saturated rings. The molecule has 0 saturated heterocycles. The SMILES string of the molecule is CCN(c1ccc(NC(=O)CSc2nc3sc4c(c3c(=O)n2-c2ccc(C)cc2C)CCCC4)cc1)C(C)C. The summed E-state index contributed by atoms with van der Waals surface area (Å²) in [6.45, 7) is 11.5. The molecule has 0 saturated carbocycles. The summed E-state index contributed by atoms with van der Waals surface area (Å²) in [6.07, 6.45) is 4.20. The molecule has 4 aromatic rings. The molecule has 1 N–H and O–H groups in total. The molecule has 39 heavy (non-hydrogen) atoms. The van der Waals surface area contributed by atoms with Crippen molar-refractivity contribution in [1.82, 2.24) is 9.55 Å². The summed E-state index contributed by atoms with van der Waals surface area (Å²) >= 11 is 2.95. The molecule has 1 aliphatic rings. The van der Waals surface area contributed by atoms with Crippen LogP contribution in [0.4, 0.5) is 11.4 Å². The first-order chi connectivity index (χ1) is 18.8. The Bertz CT molecular complexity index is 1570. The minimum atomic E-state index is -0.129. The molecule has 0 aliphatic heterocycles. The second-order valence-corrected chi connectivity index (χ2v) is 12.5. The van der Waals surface area contributed by atoms with Gasteiger partial charge in [0.2, 0.25) is 5.91 Å². The minimum absolute atomic E-state index is 0.0320. The number of fused-ring (bicyclic) bond motifs is 3. The number of anilines is 2. The third kappa shape index (κ3) is 5.63. The number of aryl methyl sites for hydroxylation is 4. The van der Waals surface area contributed by atoms with Crippen molar-refractivity contribution in [2.24, 2.45) is 0 Å². The highest BCUT2D eigenvalue weighted by Crippen LogP contribution is 2.35. The highest BCUT2D eigenvalue weighted by atomic mass is 32.2. The molecule has 1 amide bonds. The highest BCUT2D eigenvalue weighted by molar-refractivity contribution is 7.99. The fourth-order valence-electron chi connectivity index (χ4n) is 5.46. The van der Waals surface area contributed by atoms with Gasteiger partial charge in [0, 0.05) is 28.8 Å². The smallest absolute Gasteiger partial charge is 0.267 e. The normalized spacial score (nSPS) is 13.1. The van der Waals surface area contributed by atoms with Crippen LogP contribution < -0.4 is 15.8 Å². The second kappa shape index (κ2) is 11.6. The standard InChI is InChI=1S/C31H36N4O2S2/c1-6-34(19(2)3)23-14-12-22(13-15-23)32-27(36)18-38-31-33-29-28(24-9-7-8-10-26(24)39-29)30(37)35(31)25-16-11-20(4)17-21(25)5/h11-17,19H,6-10,18H2,1-5H3,(H,32,36). The summed E-state index contributed by atoms with van der Waals surface area (Å²) in [6, 6.07) is 14.5. The van der Waals surface area contributed by atoms with E-state index in [0.29, 0.717) is 11.2 Å². The van der Waals surface area contributed by atoms with E-state index in [9.17, 15) is 9.59 Å². The zero-order valence-corrected chi connectivity index (χ0v) is 25.0. The third-order valence-corrected chi connectivity index (χ3v) is 9.45. The molecule has 204 valence electrons. The summed E-state index contributed by atoms with van der Waals surface area (Å²) in [5, 5.41) is 4.31. The van der Waals surface area contributed by atoms with Crippen LogP contribution in [0.15, 0.2) is 52.4 Å². The molecule has 0 bridgehead atoms. The molecule has 0 spiro atoms. The van der Waals surface area contributed by atoms with Crippen LogP contribution in [0.1, 0.15) is 55.2 Å². The number of thiophene rings is 1.